The van der Waals surface area contributed by atoms with Crippen LogP contribution in [0.25, 0.3) is 0 Å². The van der Waals surface area contributed by atoms with Crippen LogP contribution in [0.4, 0.5) is 0 Å². The number of likely N-dealkylation sites (N-methyl/N-ethyl adjacent to an activating group) is 1. The predicted molar refractivity (Wildman–Crippen MR) is 81.7 cm³/mol. The van der Waals surface area contributed by atoms with Crippen LogP contribution in [0.5, 0.6) is 0 Å². The maximum Gasteiger partial charge on any atom is 0.189 e. The van der Waals surface area contributed by atoms with Gasteiger partial charge in [0.15, 0.2) is 17.9 Å². The molecule has 0 bridgehead atoms. The standard InChI is InChI=1S/C16H29NO6/c1-6-17(7-8-18)11-12(10-9-19-15(2,3)21-10)20-14-13(11)22-16(4,5)23-14/h10-14,18H,6-9H2,1-5H3/t10-,11-,12-,13-,14-/m1/s1. The minimum absolute atomic E-state index is 0.0403. The molecule has 7 heteroatoms. The molecule has 0 aromatic heterocycles. The average molecular weight is 331 g/mol. The van der Waals surface area contributed by atoms with Gasteiger partial charge in [-0.3, -0.25) is 4.90 Å². The van der Waals surface area contributed by atoms with Crippen molar-refractivity contribution in [2.75, 3.05) is 26.3 Å². The summed E-state index contributed by atoms with van der Waals surface area (Å²) in [4.78, 5) is 2.18. The summed E-state index contributed by atoms with van der Waals surface area (Å²) < 4.78 is 29.8. The predicted octanol–water partition coefficient (Wildman–Crippen LogP) is 0.697. The van der Waals surface area contributed by atoms with Crippen molar-refractivity contribution in [3.8, 4) is 0 Å². The lowest BCUT2D eigenvalue weighted by Gasteiger charge is -2.35. The normalized spacial score (nSPS) is 41.6. The zero-order valence-corrected chi connectivity index (χ0v) is 14.7. The minimum Gasteiger partial charge on any atom is -0.395 e. The molecule has 23 heavy (non-hydrogen) atoms. The Balaban J connectivity index is 1.81. The second-order valence-corrected chi connectivity index (χ2v) is 7.28. The number of aliphatic hydroxyl groups excluding tert-OH is 1. The van der Waals surface area contributed by atoms with Crippen LogP contribution >= 0.6 is 0 Å². The third-order valence-corrected chi connectivity index (χ3v) is 4.66. The van der Waals surface area contributed by atoms with Gasteiger partial charge in [0.25, 0.3) is 0 Å². The summed E-state index contributed by atoms with van der Waals surface area (Å²) in [6.07, 6.45) is -1.01. The summed E-state index contributed by atoms with van der Waals surface area (Å²) in [6, 6.07) is -0.0403. The van der Waals surface area contributed by atoms with Crippen molar-refractivity contribution in [1.29, 1.82) is 0 Å². The van der Waals surface area contributed by atoms with Crippen LogP contribution in [-0.4, -0.2) is 78.5 Å². The van der Waals surface area contributed by atoms with E-state index in [4.69, 9.17) is 23.7 Å². The number of fused-ring (bicyclic) bond motifs is 1. The molecule has 3 fully saturated rings. The molecule has 7 nitrogen and oxygen atoms in total. The first-order valence-electron chi connectivity index (χ1n) is 8.44. The third kappa shape index (κ3) is 3.42. The van der Waals surface area contributed by atoms with Gasteiger partial charge in [0.1, 0.15) is 18.3 Å². The topological polar surface area (TPSA) is 69.6 Å². The summed E-state index contributed by atoms with van der Waals surface area (Å²) in [6.45, 7) is 11.6. The SMILES string of the molecule is CCN(CCO)[C@H]1[C@H]2OC(C)(C)O[C@H]2O[C@@H]1[C@H]1COC(C)(C)O1. The van der Waals surface area contributed by atoms with E-state index in [9.17, 15) is 5.11 Å². The van der Waals surface area contributed by atoms with Crippen molar-refractivity contribution in [3.05, 3.63) is 0 Å². The van der Waals surface area contributed by atoms with Crippen molar-refractivity contribution in [2.45, 2.75) is 76.8 Å². The molecule has 5 atom stereocenters. The second kappa shape index (κ2) is 6.22. The molecule has 0 aromatic carbocycles. The molecule has 0 amide bonds. The fraction of sp³-hybridized carbons (Fsp3) is 1.00. The molecule has 0 aromatic rings. The van der Waals surface area contributed by atoms with Crippen LogP contribution in [0.15, 0.2) is 0 Å². The van der Waals surface area contributed by atoms with Gasteiger partial charge >= 0.3 is 0 Å². The highest BCUT2D eigenvalue weighted by molar-refractivity contribution is 5.02. The van der Waals surface area contributed by atoms with E-state index >= 15 is 0 Å². The van der Waals surface area contributed by atoms with Crippen LogP contribution in [0.1, 0.15) is 34.6 Å². The lowest BCUT2D eigenvalue weighted by molar-refractivity contribution is -0.228. The number of aliphatic hydroxyl groups is 1. The first kappa shape index (κ1) is 17.5. The fourth-order valence-corrected chi connectivity index (χ4v) is 3.76. The van der Waals surface area contributed by atoms with E-state index in [1.165, 1.54) is 0 Å². The number of nitrogens with zero attached hydrogens (tertiary/aromatic N) is 1. The Bertz CT molecular complexity index is 429. The smallest absolute Gasteiger partial charge is 0.189 e. The van der Waals surface area contributed by atoms with Gasteiger partial charge in [-0.05, 0) is 34.2 Å². The molecule has 0 radical (unpaired) electrons. The largest absolute Gasteiger partial charge is 0.395 e. The Morgan fingerprint density at radius 3 is 2.35 bits per heavy atom. The van der Waals surface area contributed by atoms with E-state index in [1.54, 1.807) is 0 Å². The highest BCUT2D eigenvalue weighted by atomic mass is 16.8. The molecule has 0 saturated carbocycles. The third-order valence-electron chi connectivity index (χ3n) is 4.66. The van der Waals surface area contributed by atoms with Gasteiger partial charge in [-0.1, -0.05) is 6.92 Å². The average Bonchev–Trinajstić information content (AvgIpc) is 3.05. The van der Waals surface area contributed by atoms with Gasteiger partial charge in [0.05, 0.1) is 19.3 Å². The highest BCUT2D eigenvalue weighted by Gasteiger charge is 2.59. The molecular weight excluding hydrogens is 302 g/mol. The Kier molecular flexibility index (Phi) is 4.74. The molecule has 3 saturated heterocycles. The van der Waals surface area contributed by atoms with Crippen LogP contribution in [0, 0.1) is 0 Å². The van der Waals surface area contributed by atoms with E-state index in [2.05, 4.69) is 11.8 Å². The van der Waals surface area contributed by atoms with Gasteiger partial charge in [-0.15, -0.1) is 0 Å². The van der Waals surface area contributed by atoms with Gasteiger partial charge in [-0.25, -0.2) is 0 Å². The van der Waals surface area contributed by atoms with Crippen LogP contribution in [0.2, 0.25) is 0 Å². The van der Waals surface area contributed by atoms with E-state index in [1.807, 2.05) is 27.7 Å². The molecule has 3 rings (SSSR count). The number of hydrogen-bond acceptors (Lipinski definition) is 7. The Morgan fingerprint density at radius 1 is 1.04 bits per heavy atom. The zero-order valence-electron chi connectivity index (χ0n) is 14.7. The van der Waals surface area contributed by atoms with Crippen molar-refractivity contribution in [1.82, 2.24) is 4.90 Å². The zero-order chi connectivity index (χ0) is 16.8. The summed E-state index contributed by atoms with van der Waals surface area (Å²) in [7, 11) is 0. The summed E-state index contributed by atoms with van der Waals surface area (Å²) in [5.41, 5.74) is 0. The number of hydrogen-bond donors (Lipinski definition) is 1. The molecule has 0 spiro atoms. The second-order valence-electron chi connectivity index (χ2n) is 7.28. The van der Waals surface area contributed by atoms with Crippen LogP contribution in [0.3, 0.4) is 0 Å². The molecular formula is C16H29NO6. The van der Waals surface area contributed by atoms with Gasteiger partial charge in [0, 0.05) is 6.54 Å². The van der Waals surface area contributed by atoms with Crippen molar-refractivity contribution >= 4 is 0 Å². The minimum atomic E-state index is -0.663. The van der Waals surface area contributed by atoms with E-state index in [0.717, 1.165) is 6.54 Å². The van der Waals surface area contributed by atoms with Gasteiger partial charge in [-0.2, -0.15) is 0 Å². The summed E-state index contributed by atoms with van der Waals surface area (Å²) in [5.74, 6) is -1.27. The number of rotatable bonds is 5. The molecule has 3 aliphatic heterocycles. The summed E-state index contributed by atoms with van der Waals surface area (Å²) >= 11 is 0. The monoisotopic (exact) mass is 331 g/mol. The van der Waals surface area contributed by atoms with Crippen LogP contribution in [-0.2, 0) is 23.7 Å². The Hall–Kier alpha value is -0.280. The molecule has 0 unspecified atom stereocenters. The first-order chi connectivity index (χ1) is 10.8. The van der Waals surface area contributed by atoms with Crippen molar-refractivity contribution in [3.63, 3.8) is 0 Å². The molecule has 1 N–H and O–H groups in total. The lowest BCUT2D eigenvalue weighted by Crippen LogP contribution is -2.53. The molecule has 3 heterocycles. The number of ether oxygens (including phenoxy) is 5. The quantitative estimate of drug-likeness (QED) is 0.795. The lowest BCUT2D eigenvalue weighted by atomic mass is 10.0. The Morgan fingerprint density at radius 2 is 1.78 bits per heavy atom. The highest BCUT2D eigenvalue weighted by Crippen LogP contribution is 2.42. The van der Waals surface area contributed by atoms with E-state index in [0.29, 0.717) is 13.2 Å². The summed E-state index contributed by atoms with van der Waals surface area (Å²) in [5, 5.41) is 9.40. The maximum atomic E-state index is 9.40. The van der Waals surface area contributed by atoms with Gasteiger partial charge in [0.2, 0.25) is 0 Å². The van der Waals surface area contributed by atoms with Gasteiger partial charge < -0.3 is 28.8 Å². The maximum absolute atomic E-state index is 9.40. The fourth-order valence-electron chi connectivity index (χ4n) is 3.76. The van der Waals surface area contributed by atoms with E-state index < -0.39 is 17.9 Å². The van der Waals surface area contributed by atoms with Crippen molar-refractivity contribution in [2.24, 2.45) is 0 Å². The first-order valence-corrected chi connectivity index (χ1v) is 8.44. The van der Waals surface area contributed by atoms with E-state index in [-0.39, 0.29) is 31.0 Å². The van der Waals surface area contributed by atoms with Crippen molar-refractivity contribution < 1.29 is 28.8 Å². The Labute approximate surface area is 137 Å². The molecule has 134 valence electrons. The van der Waals surface area contributed by atoms with Crippen LogP contribution < -0.4 is 0 Å². The molecule has 3 aliphatic rings. The molecule has 0 aliphatic carbocycles.